The maximum absolute atomic E-state index is 11.7. The molecule has 1 amide bonds. The van der Waals surface area contributed by atoms with Gasteiger partial charge in [0.2, 0.25) is 5.91 Å². The van der Waals surface area contributed by atoms with Gasteiger partial charge in [-0.25, -0.2) is 0 Å². The topological polar surface area (TPSA) is 49.8 Å². The highest BCUT2D eigenvalue weighted by Crippen LogP contribution is 2.20. The summed E-state index contributed by atoms with van der Waals surface area (Å²) in [5.74, 6) is 0.0162. The molecule has 0 aliphatic carbocycles. The minimum atomic E-state index is -0.884. The number of aliphatic hydroxyl groups excluding tert-OH is 1. The molecule has 0 radical (unpaired) electrons. The van der Waals surface area contributed by atoms with Crippen molar-refractivity contribution in [1.82, 2.24) is 4.90 Å². The SMILES string of the molecule is CCC(=O)N1CO[C@@H](O)[C@@H]1Cc1ccccc1. The van der Waals surface area contributed by atoms with E-state index in [1.54, 1.807) is 4.90 Å². The molecule has 1 saturated heterocycles. The van der Waals surface area contributed by atoms with E-state index < -0.39 is 6.29 Å². The van der Waals surface area contributed by atoms with Gasteiger partial charge in [-0.2, -0.15) is 0 Å². The number of rotatable bonds is 3. The summed E-state index contributed by atoms with van der Waals surface area (Å²) >= 11 is 0. The zero-order valence-corrected chi connectivity index (χ0v) is 9.87. The van der Waals surface area contributed by atoms with Crippen molar-refractivity contribution in [3.63, 3.8) is 0 Å². The van der Waals surface area contributed by atoms with Crippen molar-refractivity contribution in [1.29, 1.82) is 0 Å². The van der Waals surface area contributed by atoms with Gasteiger partial charge in [0.15, 0.2) is 6.29 Å². The normalized spacial score (nSPS) is 24.0. The van der Waals surface area contributed by atoms with Crippen molar-refractivity contribution < 1.29 is 14.6 Å². The quantitative estimate of drug-likeness (QED) is 0.854. The van der Waals surface area contributed by atoms with Gasteiger partial charge in [-0.3, -0.25) is 4.79 Å². The Hall–Kier alpha value is -1.39. The van der Waals surface area contributed by atoms with Gasteiger partial charge < -0.3 is 14.7 Å². The molecule has 1 aromatic carbocycles. The molecular weight excluding hydrogens is 218 g/mol. The van der Waals surface area contributed by atoms with Gasteiger partial charge in [0.25, 0.3) is 0 Å². The van der Waals surface area contributed by atoms with Crippen LogP contribution in [0.4, 0.5) is 0 Å². The van der Waals surface area contributed by atoms with Crippen molar-refractivity contribution in [2.24, 2.45) is 0 Å². The Morgan fingerprint density at radius 1 is 1.47 bits per heavy atom. The van der Waals surface area contributed by atoms with Crippen molar-refractivity contribution in [3.8, 4) is 0 Å². The number of aliphatic hydroxyl groups is 1. The van der Waals surface area contributed by atoms with Crippen molar-refractivity contribution in [2.45, 2.75) is 32.1 Å². The Bertz CT molecular complexity index is 380. The lowest BCUT2D eigenvalue weighted by Crippen LogP contribution is -2.40. The third kappa shape index (κ3) is 2.65. The molecule has 17 heavy (non-hydrogen) atoms. The lowest BCUT2D eigenvalue weighted by Gasteiger charge is -2.23. The van der Waals surface area contributed by atoms with Crippen LogP contribution in [0, 0.1) is 0 Å². The average Bonchev–Trinajstić information content (AvgIpc) is 2.72. The van der Waals surface area contributed by atoms with Crippen LogP contribution in [0.5, 0.6) is 0 Å². The van der Waals surface area contributed by atoms with Crippen molar-refractivity contribution in [3.05, 3.63) is 35.9 Å². The Labute approximate surface area is 101 Å². The minimum Gasteiger partial charge on any atom is -0.366 e. The van der Waals surface area contributed by atoms with E-state index in [0.29, 0.717) is 12.8 Å². The molecule has 0 spiro atoms. The Balaban J connectivity index is 2.09. The molecular formula is C13H17NO3. The summed E-state index contributed by atoms with van der Waals surface area (Å²) in [6.07, 6.45) is 0.167. The van der Waals surface area contributed by atoms with Crippen LogP contribution in [0.25, 0.3) is 0 Å². The molecule has 1 aliphatic heterocycles. The fourth-order valence-electron chi connectivity index (χ4n) is 2.04. The molecule has 1 aliphatic rings. The first-order valence-corrected chi connectivity index (χ1v) is 5.85. The molecule has 1 heterocycles. The summed E-state index contributed by atoms with van der Waals surface area (Å²) in [7, 11) is 0. The summed E-state index contributed by atoms with van der Waals surface area (Å²) in [5.41, 5.74) is 1.09. The molecule has 2 atom stereocenters. The smallest absolute Gasteiger partial charge is 0.224 e. The van der Waals surface area contributed by atoms with E-state index in [0.717, 1.165) is 5.56 Å². The van der Waals surface area contributed by atoms with Gasteiger partial charge in [0, 0.05) is 6.42 Å². The monoisotopic (exact) mass is 235 g/mol. The second-order valence-electron chi connectivity index (χ2n) is 4.16. The molecule has 2 rings (SSSR count). The predicted molar refractivity (Wildman–Crippen MR) is 63.0 cm³/mol. The molecule has 0 unspecified atom stereocenters. The van der Waals surface area contributed by atoms with Crippen molar-refractivity contribution >= 4 is 5.91 Å². The second-order valence-corrected chi connectivity index (χ2v) is 4.16. The van der Waals surface area contributed by atoms with Crippen LogP contribution in [-0.4, -0.2) is 35.0 Å². The van der Waals surface area contributed by atoms with Crippen LogP contribution >= 0.6 is 0 Å². The van der Waals surface area contributed by atoms with Gasteiger partial charge >= 0.3 is 0 Å². The molecule has 0 bridgehead atoms. The van der Waals surface area contributed by atoms with Crippen LogP contribution in [0.2, 0.25) is 0 Å². The standard InChI is InChI=1S/C13H17NO3/c1-2-12(15)14-9-17-13(16)11(14)8-10-6-4-3-5-7-10/h3-7,11,13,16H,2,8-9H2,1H3/t11-,13+/m0/s1. The summed E-state index contributed by atoms with van der Waals surface area (Å²) in [5, 5.41) is 9.75. The number of benzene rings is 1. The first-order valence-electron chi connectivity index (χ1n) is 5.85. The maximum atomic E-state index is 11.7. The van der Waals surface area contributed by atoms with Gasteiger partial charge in [0.05, 0.1) is 6.04 Å². The van der Waals surface area contributed by atoms with Crippen LogP contribution in [-0.2, 0) is 16.0 Å². The molecule has 1 aromatic rings. The number of hydrogen-bond donors (Lipinski definition) is 1. The summed E-state index contributed by atoms with van der Waals surface area (Å²) in [6, 6.07) is 9.54. The van der Waals surface area contributed by atoms with Gasteiger partial charge in [-0.15, -0.1) is 0 Å². The van der Waals surface area contributed by atoms with Crippen LogP contribution < -0.4 is 0 Å². The fraction of sp³-hybridized carbons (Fsp3) is 0.462. The number of ether oxygens (including phenoxy) is 1. The van der Waals surface area contributed by atoms with Crippen molar-refractivity contribution in [2.75, 3.05) is 6.73 Å². The molecule has 4 heteroatoms. The number of carbonyl (C=O) groups is 1. The summed E-state index contributed by atoms with van der Waals surface area (Å²) in [4.78, 5) is 13.3. The Kier molecular flexibility index (Phi) is 3.76. The van der Waals surface area contributed by atoms with E-state index in [2.05, 4.69) is 0 Å². The first kappa shape index (κ1) is 12.1. The molecule has 1 fully saturated rings. The number of carbonyl (C=O) groups excluding carboxylic acids is 1. The molecule has 92 valence electrons. The highest BCUT2D eigenvalue weighted by Gasteiger charge is 2.36. The van der Waals surface area contributed by atoms with Crippen LogP contribution in [0.15, 0.2) is 30.3 Å². The van der Waals surface area contributed by atoms with Crippen LogP contribution in [0.1, 0.15) is 18.9 Å². The first-order chi connectivity index (χ1) is 8.22. The summed E-state index contributed by atoms with van der Waals surface area (Å²) < 4.78 is 5.13. The predicted octanol–water partition coefficient (Wildman–Crippen LogP) is 1.14. The van der Waals surface area contributed by atoms with Gasteiger partial charge in [-0.05, 0) is 12.0 Å². The molecule has 4 nitrogen and oxygen atoms in total. The highest BCUT2D eigenvalue weighted by atomic mass is 16.6. The van der Waals surface area contributed by atoms with E-state index in [1.165, 1.54) is 0 Å². The zero-order chi connectivity index (χ0) is 12.3. The van der Waals surface area contributed by atoms with E-state index in [9.17, 15) is 9.90 Å². The largest absolute Gasteiger partial charge is 0.366 e. The highest BCUT2D eigenvalue weighted by molar-refractivity contribution is 5.76. The number of amides is 1. The summed E-state index contributed by atoms with van der Waals surface area (Å²) in [6.45, 7) is 2.00. The van der Waals surface area contributed by atoms with E-state index in [1.807, 2.05) is 37.3 Å². The number of hydrogen-bond acceptors (Lipinski definition) is 3. The maximum Gasteiger partial charge on any atom is 0.224 e. The van der Waals surface area contributed by atoms with E-state index in [-0.39, 0.29) is 18.7 Å². The van der Waals surface area contributed by atoms with E-state index >= 15 is 0 Å². The second kappa shape index (κ2) is 5.29. The lowest BCUT2D eigenvalue weighted by molar-refractivity contribution is -0.132. The zero-order valence-electron chi connectivity index (χ0n) is 9.87. The van der Waals surface area contributed by atoms with Gasteiger partial charge in [-0.1, -0.05) is 37.3 Å². The van der Waals surface area contributed by atoms with Gasteiger partial charge in [0.1, 0.15) is 6.73 Å². The fourth-order valence-corrected chi connectivity index (χ4v) is 2.04. The molecule has 1 N–H and O–H groups in total. The Morgan fingerprint density at radius 2 is 2.18 bits per heavy atom. The lowest BCUT2D eigenvalue weighted by atomic mass is 10.0. The third-order valence-corrected chi connectivity index (χ3v) is 3.02. The van der Waals surface area contributed by atoms with E-state index in [4.69, 9.17) is 4.74 Å². The minimum absolute atomic E-state index is 0.0162. The Morgan fingerprint density at radius 3 is 2.82 bits per heavy atom. The third-order valence-electron chi connectivity index (χ3n) is 3.02. The number of nitrogens with zero attached hydrogens (tertiary/aromatic N) is 1. The molecule has 0 aromatic heterocycles. The average molecular weight is 235 g/mol. The van der Waals surface area contributed by atoms with Crippen LogP contribution in [0.3, 0.4) is 0 Å². The molecule has 0 saturated carbocycles.